The van der Waals surface area contributed by atoms with Crippen LogP contribution in [0.5, 0.6) is 0 Å². The summed E-state index contributed by atoms with van der Waals surface area (Å²) in [6.45, 7) is 4.10. The molecule has 1 N–H and O–H groups in total. The summed E-state index contributed by atoms with van der Waals surface area (Å²) in [4.78, 5) is 3.20. The molecule has 92 valence electrons. The normalized spacial score (nSPS) is 15.0. The highest BCUT2D eigenvalue weighted by molar-refractivity contribution is 7.84. The van der Waals surface area contributed by atoms with Crippen molar-refractivity contribution in [3.8, 4) is 0 Å². The lowest BCUT2D eigenvalue weighted by Gasteiger charge is -2.12. The number of imidazole rings is 1. The first kappa shape index (κ1) is 12.5. The van der Waals surface area contributed by atoms with E-state index in [1.54, 1.807) is 6.26 Å². The van der Waals surface area contributed by atoms with Crippen LogP contribution in [0.2, 0.25) is 0 Å². The number of hydrogen-bond donors (Lipinski definition) is 1. The number of benzene rings is 1. The van der Waals surface area contributed by atoms with Crippen LogP contribution >= 0.6 is 12.2 Å². The molecular formula is C12H16N2OS2. The van der Waals surface area contributed by atoms with E-state index in [0.717, 1.165) is 11.0 Å². The fourth-order valence-corrected chi connectivity index (χ4v) is 3.31. The molecule has 0 amide bonds. The van der Waals surface area contributed by atoms with Crippen molar-refractivity contribution in [2.45, 2.75) is 19.9 Å². The topological polar surface area (TPSA) is 37.8 Å². The first-order valence-electron chi connectivity index (χ1n) is 5.50. The van der Waals surface area contributed by atoms with Crippen molar-refractivity contribution in [2.75, 3.05) is 12.0 Å². The van der Waals surface area contributed by atoms with E-state index in [4.69, 9.17) is 12.2 Å². The molecule has 2 aromatic rings. The summed E-state index contributed by atoms with van der Waals surface area (Å²) < 4.78 is 14.0. The third-order valence-corrected chi connectivity index (χ3v) is 4.04. The van der Waals surface area contributed by atoms with Gasteiger partial charge in [0.05, 0.1) is 11.0 Å². The predicted octanol–water partition coefficient (Wildman–Crippen LogP) is 2.95. The Morgan fingerprint density at radius 3 is 2.88 bits per heavy atom. The van der Waals surface area contributed by atoms with Crippen molar-refractivity contribution in [1.29, 1.82) is 0 Å². The largest absolute Gasteiger partial charge is 0.331 e. The quantitative estimate of drug-likeness (QED) is 0.869. The molecule has 1 heterocycles. The number of aryl methyl sites for hydroxylation is 1. The molecule has 0 spiro atoms. The minimum Gasteiger partial charge on any atom is -0.331 e. The number of hydrogen-bond acceptors (Lipinski definition) is 2. The third-order valence-electron chi connectivity index (χ3n) is 2.79. The summed E-state index contributed by atoms with van der Waals surface area (Å²) >= 11 is 5.33. The summed E-state index contributed by atoms with van der Waals surface area (Å²) in [6.07, 6.45) is 1.72. The second kappa shape index (κ2) is 4.74. The summed E-state index contributed by atoms with van der Waals surface area (Å²) in [7, 11) is -0.817. The number of fused-ring (bicyclic) bond motifs is 1. The van der Waals surface area contributed by atoms with Crippen molar-refractivity contribution in [2.24, 2.45) is 0 Å². The summed E-state index contributed by atoms with van der Waals surface area (Å²) in [5.74, 6) is 0.620. The van der Waals surface area contributed by atoms with Crippen LogP contribution in [-0.4, -0.2) is 25.8 Å². The SMILES string of the molecule is Cc1ccc2c(c1)[nH]c(=S)n2C(C)CS(C)=O. The van der Waals surface area contributed by atoms with E-state index >= 15 is 0 Å². The van der Waals surface area contributed by atoms with Gasteiger partial charge in [0.15, 0.2) is 4.77 Å². The maximum atomic E-state index is 11.3. The van der Waals surface area contributed by atoms with E-state index in [2.05, 4.69) is 30.1 Å². The maximum Gasteiger partial charge on any atom is 0.178 e. The van der Waals surface area contributed by atoms with Gasteiger partial charge in [0.25, 0.3) is 0 Å². The lowest BCUT2D eigenvalue weighted by molar-refractivity contribution is 0.605. The molecule has 2 atom stereocenters. The summed E-state index contributed by atoms with van der Waals surface area (Å²) in [5.41, 5.74) is 3.33. The number of aromatic nitrogens is 2. The van der Waals surface area contributed by atoms with Crippen molar-refractivity contribution < 1.29 is 4.21 Å². The molecule has 1 aromatic carbocycles. The van der Waals surface area contributed by atoms with Gasteiger partial charge in [-0.1, -0.05) is 6.07 Å². The Morgan fingerprint density at radius 2 is 2.24 bits per heavy atom. The standard InChI is InChI=1S/C12H16N2OS2/c1-8-4-5-11-10(6-8)13-12(16)14(11)9(2)7-17(3)15/h4-6,9H,7H2,1-3H3,(H,13,16). The van der Waals surface area contributed by atoms with E-state index < -0.39 is 10.8 Å². The maximum absolute atomic E-state index is 11.3. The van der Waals surface area contributed by atoms with E-state index in [9.17, 15) is 4.21 Å². The highest BCUT2D eigenvalue weighted by atomic mass is 32.2. The van der Waals surface area contributed by atoms with Gasteiger partial charge in [0.2, 0.25) is 0 Å². The first-order chi connectivity index (χ1) is 7.99. The molecule has 17 heavy (non-hydrogen) atoms. The first-order valence-corrected chi connectivity index (χ1v) is 7.63. The van der Waals surface area contributed by atoms with Crippen LogP contribution in [-0.2, 0) is 10.8 Å². The highest BCUT2D eigenvalue weighted by Gasteiger charge is 2.12. The van der Waals surface area contributed by atoms with Crippen LogP contribution in [0, 0.1) is 11.7 Å². The highest BCUT2D eigenvalue weighted by Crippen LogP contribution is 2.20. The molecule has 3 nitrogen and oxygen atoms in total. The summed E-state index contributed by atoms with van der Waals surface area (Å²) in [6, 6.07) is 6.35. The molecular weight excluding hydrogens is 252 g/mol. The van der Waals surface area contributed by atoms with Gasteiger partial charge in [-0.3, -0.25) is 4.21 Å². The van der Waals surface area contributed by atoms with Crippen molar-refractivity contribution in [1.82, 2.24) is 9.55 Å². The van der Waals surface area contributed by atoms with Gasteiger partial charge in [-0.25, -0.2) is 0 Å². The molecule has 5 heteroatoms. The van der Waals surface area contributed by atoms with Gasteiger partial charge < -0.3 is 9.55 Å². The zero-order valence-electron chi connectivity index (χ0n) is 10.2. The molecule has 0 aliphatic rings. The third kappa shape index (κ3) is 2.50. The molecule has 0 aliphatic heterocycles. The molecule has 0 saturated carbocycles. The smallest absolute Gasteiger partial charge is 0.178 e. The van der Waals surface area contributed by atoms with Crippen LogP contribution in [0.15, 0.2) is 18.2 Å². The van der Waals surface area contributed by atoms with Gasteiger partial charge in [-0.05, 0) is 43.8 Å². The Hall–Kier alpha value is -0.940. The Balaban J connectivity index is 2.57. The van der Waals surface area contributed by atoms with Crippen LogP contribution < -0.4 is 0 Å². The van der Waals surface area contributed by atoms with Gasteiger partial charge in [-0.2, -0.15) is 0 Å². The van der Waals surface area contributed by atoms with E-state index in [-0.39, 0.29) is 6.04 Å². The van der Waals surface area contributed by atoms with Crippen LogP contribution in [0.3, 0.4) is 0 Å². The molecule has 2 unspecified atom stereocenters. The number of nitrogens with one attached hydrogen (secondary N) is 1. The lowest BCUT2D eigenvalue weighted by Crippen LogP contribution is -2.12. The predicted molar refractivity (Wildman–Crippen MR) is 75.5 cm³/mol. The van der Waals surface area contributed by atoms with E-state index in [0.29, 0.717) is 10.5 Å². The molecule has 0 saturated heterocycles. The second-order valence-electron chi connectivity index (χ2n) is 4.41. The second-order valence-corrected chi connectivity index (χ2v) is 6.28. The molecule has 0 aliphatic carbocycles. The average Bonchev–Trinajstić information content (AvgIpc) is 2.51. The zero-order valence-corrected chi connectivity index (χ0v) is 11.8. The van der Waals surface area contributed by atoms with Crippen LogP contribution in [0.4, 0.5) is 0 Å². The number of nitrogens with zero attached hydrogens (tertiary/aromatic N) is 1. The van der Waals surface area contributed by atoms with Gasteiger partial charge >= 0.3 is 0 Å². The van der Waals surface area contributed by atoms with Gasteiger partial charge in [0.1, 0.15) is 0 Å². The average molecular weight is 268 g/mol. The zero-order chi connectivity index (χ0) is 12.6. The van der Waals surface area contributed by atoms with Crippen LogP contribution in [0.1, 0.15) is 18.5 Å². The minimum atomic E-state index is -0.817. The monoisotopic (exact) mass is 268 g/mol. The summed E-state index contributed by atoms with van der Waals surface area (Å²) in [5, 5.41) is 0. The van der Waals surface area contributed by atoms with Crippen LogP contribution in [0.25, 0.3) is 11.0 Å². The lowest BCUT2D eigenvalue weighted by atomic mass is 10.2. The van der Waals surface area contributed by atoms with Gasteiger partial charge in [0, 0.05) is 28.9 Å². The molecule has 0 radical (unpaired) electrons. The molecule has 2 rings (SSSR count). The Kier molecular flexibility index (Phi) is 3.49. The molecule has 0 fully saturated rings. The van der Waals surface area contributed by atoms with Gasteiger partial charge in [-0.15, -0.1) is 0 Å². The molecule has 0 bridgehead atoms. The van der Waals surface area contributed by atoms with Crippen molar-refractivity contribution >= 4 is 34.1 Å². The number of aromatic amines is 1. The minimum absolute atomic E-state index is 0.143. The van der Waals surface area contributed by atoms with E-state index in [1.165, 1.54) is 5.56 Å². The van der Waals surface area contributed by atoms with Crippen molar-refractivity contribution in [3.05, 3.63) is 28.5 Å². The van der Waals surface area contributed by atoms with E-state index in [1.807, 2.05) is 11.5 Å². The van der Waals surface area contributed by atoms with Crippen molar-refractivity contribution in [3.63, 3.8) is 0 Å². The number of H-pyrrole nitrogens is 1. The Labute approximate surface area is 108 Å². The Morgan fingerprint density at radius 1 is 1.53 bits per heavy atom. The molecule has 1 aromatic heterocycles. The number of rotatable bonds is 3. The fourth-order valence-electron chi connectivity index (χ4n) is 2.10. The Bertz CT molecular complexity index is 627. The fraction of sp³-hybridized carbons (Fsp3) is 0.417.